The molecule has 0 aliphatic rings. The summed E-state index contributed by atoms with van der Waals surface area (Å²) in [5.41, 5.74) is 0. The summed E-state index contributed by atoms with van der Waals surface area (Å²) in [5, 5.41) is 0. The van der Waals surface area contributed by atoms with Gasteiger partial charge in [-0.1, -0.05) is 301 Å². The first-order chi connectivity index (χ1) is 36.0. The highest BCUT2D eigenvalue weighted by atomic mass is 16.6. The van der Waals surface area contributed by atoms with E-state index in [1.54, 1.807) is 0 Å². The normalized spacial score (nSPS) is 12.2. The quantitative estimate of drug-likeness (QED) is 0.0261. The van der Waals surface area contributed by atoms with Gasteiger partial charge < -0.3 is 14.2 Å². The number of carbonyl (C=O) groups excluding carboxylic acids is 3. The van der Waals surface area contributed by atoms with Crippen molar-refractivity contribution in [2.45, 2.75) is 361 Å². The van der Waals surface area contributed by atoms with E-state index in [1.807, 2.05) is 0 Å². The molecule has 1 unspecified atom stereocenters. The second kappa shape index (κ2) is 62.2. The predicted molar refractivity (Wildman–Crippen MR) is 316 cm³/mol. The zero-order valence-electron chi connectivity index (χ0n) is 49.2. The summed E-state index contributed by atoms with van der Waals surface area (Å²) in [4.78, 5) is 38.2. The van der Waals surface area contributed by atoms with Gasteiger partial charge in [0.2, 0.25) is 0 Å². The van der Waals surface area contributed by atoms with Crippen LogP contribution in [0.2, 0.25) is 0 Å². The predicted octanol–water partition coefficient (Wildman–Crippen LogP) is 22.0. The zero-order valence-corrected chi connectivity index (χ0v) is 49.2. The molecule has 0 radical (unpaired) electrons. The van der Waals surface area contributed by atoms with Gasteiger partial charge in [0, 0.05) is 19.3 Å². The van der Waals surface area contributed by atoms with Gasteiger partial charge in [0.15, 0.2) is 6.10 Å². The van der Waals surface area contributed by atoms with Crippen LogP contribution in [0.3, 0.4) is 0 Å². The van der Waals surface area contributed by atoms with Gasteiger partial charge >= 0.3 is 17.9 Å². The number of esters is 3. The third kappa shape index (κ3) is 60.4. The number of ether oxygens (including phenoxy) is 3. The fraction of sp³-hybridized carbons (Fsp3) is 0.866. The number of hydrogen-bond donors (Lipinski definition) is 0. The number of hydrogen-bond acceptors (Lipinski definition) is 6. The molecule has 428 valence electrons. The van der Waals surface area contributed by atoms with Gasteiger partial charge in [0.25, 0.3) is 0 Å². The Morgan fingerprint density at radius 3 is 0.822 bits per heavy atom. The van der Waals surface area contributed by atoms with E-state index < -0.39 is 6.10 Å². The van der Waals surface area contributed by atoms with E-state index in [-0.39, 0.29) is 31.1 Å². The Hall–Kier alpha value is -2.37. The van der Waals surface area contributed by atoms with Crippen molar-refractivity contribution in [2.75, 3.05) is 13.2 Å². The second-order valence-electron chi connectivity index (χ2n) is 22.0. The molecule has 0 amide bonds. The average molecular weight is 1030 g/mol. The Kier molecular flexibility index (Phi) is 60.2. The van der Waals surface area contributed by atoms with Gasteiger partial charge in [0.05, 0.1) is 0 Å². The highest BCUT2D eigenvalue weighted by Gasteiger charge is 2.19. The SMILES string of the molecule is CCC/C=C\CCCCCCCC(=O)OCC(COC(=O)CCCCCCCCCCCCCCC/C=C\C/C=C\CCCCCCC)OC(=O)CCCCCCCCCCCCCCCCCCCCCC. The van der Waals surface area contributed by atoms with Crippen LogP contribution in [0.5, 0.6) is 0 Å². The van der Waals surface area contributed by atoms with Crippen molar-refractivity contribution in [3.8, 4) is 0 Å². The Bertz CT molecular complexity index is 1220. The van der Waals surface area contributed by atoms with Crippen LogP contribution in [-0.4, -0.2) is 37.2 Å². The van der Waals surface area contributed by atoms with E-state index in [4.69, 9.17) is 14.2 Å². The molecule has 0 saturated heterocycles. The summed E-state index contributed by atoms with van der Waals surface area (Å²) in [6, 6.07) is 0. The molecule has 6 nitrogen and oxygen atoms in total. The monoisotopic (exact) mass is 1020 g/mol. The molecule has 1 atom stereocenters. The summed E-state index contributed by atoms with van der Waals surface area (Å²) in [6.45, 7) is 6.62. The topological polar surface area (TPSA) is 78.9 Å². The first-order valence-corrected chi connectivity index (χ1v) is 32.5. The Morgan fingerprint density at radius 2 is 0.521 bits per heavy atom. The van der Waals surface area contributed by atoms with Crippen molar-refractivity contribution < 1.29 is 28.6 Å². The minimum atomic E-state index is -0.772. The minimum absolute atomic E-state index is 0.0708. The van der Waals surface area contributed by atoms with Crippen LogP contribution >= 0.6 is 0 Å². The fourth-order valence-corrected chi connectivity index (χ4v) is 9.71. The van der Waals surface area contributed by atoms with Crippen LogP contribution in [0.25, 0.3) is 0 Å². The molecule has 0 aliphatic heterocycles. The van der Waals surface area contributed by atoms with Crippen LogP contribution in [0.15, 0.2) is 36.5 Å². The molecule has 0 heterocycles. The van der Waals surface area contributed by atoms with Crippen molar-refractivity contribution >= 4 is 17.9 Å². The molecule has 6 heteroatoms. The minimum Gasteiger partial charge on any atom is -0.462 e. The standard InChI is InChI=1S/C67H124O6/c1-4-7-10-13-16-19-22-24-26-28-30-32-33-34-35-36-38-39-41-43-45-48-51-54-57-60-66(69)72-63-64(62-71-65(68)59-56-53-50-47-21-18-15-12-9-6-3)73-67(70)61-58-55-52-49-46-44-42-40-37-31-29-27-25-23-20-17-14-11-8-5-2/h12,15,22,24,28,30,64H,4-11,13-14,16-21,23,25-27,29,31-63H2,1-3H3/b15-12-,24-22-,30-28-. The summed E-state index contributed by atoms with van der Waals surface area (Å²) >= 11 is 0. The van der Waals surface area contributed by atoms with E-state index in [9.17, 15) is 14.4 Å². The van der Waals surface area contributed by atoms with Crippen LogP contribution in [0.1, 0.15) is 355 Å². The van der Waals surface area contributed by atoms with Crippen molar-refractivity contribution in [3.63, 3.8) is 0 Å². The van der Waals surface area contributed by atoms with E-state index in [2.05, 4.69) is 57.2 Å². The molecule has 0 N–H and O–H groups in total. The van der Waals surface area contributed by atoms with Crippen LogP contribution in [-0.2, 0) is 28.6 Å². The van der Waals surface area contributed by atoms with Gasteiger partial charge in [-0.25, -0.2) is 0 Å². The number of rotatable bonds is 60. The third-order valence-corrected chi connectivity index (χ3v) is 14.6. The van der Waals surface area contributed by atoms with Gasteiger partial charge in [0.1, 0.15) is 13.2 Å². The Balaban J connectivity index is 4.18. The third-order valence-electron chi connectivity index (χ3n) is 14.6. The first-order valence-electron chi connectivity index (χ1n) is 32.5. The maximum absolute atomic E-state index is 12.9. The molecular formula is C67H124O6. The average Bonchev–Trinajstić information content (AvgIpc) is 3.39. The van der Waals surface area contributed by atoms with Gasteiger partial charge in [-0.3, -0.25) is 14.4 Å². The maximum atomic E-state index is 12.9. The molecule has 0 saturated carbocycles. The number of unbranched alkanes of at least 4 members (excludes halogenated alkanes) is 43. The highest BCUT2D eigenvalue weighted by Crippen LogP contribution is 2.18. The molecule has 73 heavy (non-hydrogen) atoms. The zero-order chi connectivity index (χ0) is 52.9. The van der Waals surface area contributed by atoms with Crippen molar-refractivity contribution in [1.29, 1.82) is 0 Å². The van der Waals surface area contributed by atoms with Crippen LogP contribution in [0, 0.1) is 0 Å². The largest absolute Gasteiger partial charge is 0.462 e. The van der Waals surface area contributed by atoms with E-state index >= 15 is 0 Å². The number of carbonyl (C=O) groups is 3. The summed E-state index contributed by atoms with van der Waals surface area (Å²) < 4.78 is 16.9. The lowest BCUT2D eigenvalue weighted by molar-refractivity contribution is -0.167. The molecule has 0 aliphatic carbocycles. The van der Waals surface area contributed by atoms with Crippen molar-refractivity contribution in [1.82, 2.24) is 0 Å². The molecule has 0 spiro atoms. The van der Waals surface area contributed by atoms with Gasteiger partial charge in [-0.15, -0.1) is 0 Å². The van der Waals surface area contributed by atoms with Crippen LogP contribution in [0.4, 0.5) is 0 Å². The van der Waals surface area contributed by atoms with Gasteiger partial charge in [-0.05, 0) is 70.6 Å². The lowest BCUT2D eigenvalue weighted by atomic mass is 10.0. The smallest absolute Gasteiger partial charge is 0.306 e. The Labute approximate surface area is 455 Å². The summed E-state index contributed by atoms with van der Waals surface area (Å²) in [7, 11) is 0. The molecule has 0 rings (SSSR count). The number of allylic oxidation sites excluding steroid dienone is 6. The first kappa shape index (κ1) is 70.6. The van der Waals surface area contributed by atoms with E-state index in [1.165, 1.54) is 238 Å². The lowest BCUT2D eigenvalue weighted by Gasteiger charge is -2.18. The molecular weight excluding hydrogens is 901 g/mol. The molecule has 0 fully saturated rings. The van der Waals surface area contributed by atoms with Gasteiger partial charge in [-0.2, -0.15) is 0 Å². The second-order valence-corrected chi connectivity index (χ2v) is 22.0. The van der Waals surface area contributed by atoms with E-state index in [0.717, 1.165) is 77.0 Å². The maximum Gasteiger partial charge on any atom is 0.306 e. The highest BCUT2D eigenvalue weighted by molar-refractivity contribution is 5.71. The Morgan fingerprint density at radius 1 is 0.274 bits per heavy atom. The van der Waals surface area contributed by atoms with Crippen molar-refractivity contribution in [3.05, 3.63) is 36.5 Å². The molecule has 0 aromatic rings. The van der Waals surface area contributed by atoms with E-state index in [0.29, 0.717) is 19.3 Å². The summed E-state index contributed by atoms with van der Waals surface area (Å²) in [5.74, 6) is -0.860. The molecule has 0 aromatic heterocycles. The summed E-state index contributed by atoms with van der Waals surface area (Å²) in [6.07, 6.45) is 76.0. The van der Waals surface area contributed by atoms with Crippen molar-refractivity contribution in [2.24, 2.45) is 0 Å². The fourth-order valence-electron chi connectivity index (χ4n) is 9.71. The molecule has 0 bridgehead atoms. The molecule has 0 aromatic carbocycles. The lowest BCUT2D eigenvalue weighted by Crippen LogP contribution is -2.30. The van der Waals surface area contributed by atoms with Crippen LogP contribution < -0.4 is 0 Å².